The van der Waals surface area contributed by atoms with Gasteiger partial charge in [-0.2, -0.15) is 0 Å². The van der Waals surface area contributed by atoms with E-state index in [0.29, 0.717) is 29.2 Å². The summed E-state index contributed by atoms with van der Waals surface area (Å²) in [5.74, 6) is -1.40. The summed E-state index contributed by atoms with van der Waals surface area (Å²) in [5.41, 5.74) is 3.24. The predicted molar refractivity (Wildman–Crippen MR) is 150 cm³/mol. The zero-order valence-corrected chi connectivity index (χ0v) is 22.7. The van der Waals surface area contributed by atoms with Crippen LogP contribution in [0.2, 0.25) is 0 Å². The zero-order valence-electron chi connectivity index (χ0n) is 22.7. The normalized spacial score (nSPS) is 16.4. The van der Waals surface area contributed by atoms with Crippen LogP contribution < -0.4 is 14.4 Å². The Kier molecular flexibility index (Phi) is 8.49. The van der Waals surface area contributed by atoms with E-state index in [1.54, 1.807) is 48.5 Å². The third-order valence-corrected chi connectivity index (χ3v) is 6.51. The standard InChI is InChI=1S/C32H33NO6/c1-5-6-7-15-38-26-13-11-23(12-14-26)30(35)28-29(24-9-8-10-27(19-24)39-22(4)34)33(32(37)31(28)36)25-17-20(2)16-21(3)18-25/h8-14,16-19,29,35H,5-7,15H2,1-4H3/b30-28+. The van der Waals surface area contributed by atoms with Crippen molar-refractivity contribution in [2.75, 3.05) is 11.5 Å². The minimum Gasteiger partial charge on any atom is -0.507 e. The van der Waals surface area contributed by atoms with E-state index in [1.165, 1.54) is 11.8 Å². The minimum atomic E-state index is -0.938. The lowest BCUT2D eigenvalue weighted by Crippen LogP contribution is -2.29. The van der Waals surface area contributed by atoms with Gasteiger partial charge in [-0.25, -0.2) is 0 Å². The highest BCUT2D eigenvalue weighted by molar-refractivity contribution is 6.51. The van der Waals surface area contributed by atoms with Crippen molar-refractivity contribution >= 4 is 29.1 Å². The molecule has 1 atom stereocenters. The number of unbranched alkanes of at least 4 members (excludes halogenated alkanes) is 2. The smallest absolute Gasteiger partial charge is 0.308 e. The third kappa shape index (κ3) is 6.20. The lowest BCUT2D eigenvalue weighted by atomic mass is 9.94. The van der Waals surface area contributed by atoms with E-state index in [-0.39, 0.29) is 17.1 Å². The van der Waals surface area contributed by atoms with Crippen LogP contribution in [0, 0.1) is 13.8 Å². The number of ketones is 1. The minimum absolute atomic E-state index is 0.0456. The number of hydrogen-bond acceptors (Lipinski definition) is 6. The van der Waals surface area contributed by atoms with Crippen molar-refractivity contribution in [3.8, 4) is 11.5 Å². The predicted octanol–water partition coefficient (Wildman–Crippen LogP) is 6.42. The Balaban J connectivity index is 1.81. The number of amides is 1. The van der Waals surface area contributed by atoms with Gasteiger partial charge in [0.05, 0.1) is 18.2 Å². The molecule has 7 nitrogen and oxygen atoms in total. The molecule has 1 amide bonds. The molecule has 1 saturated heterocycles. The van der Waals surface area contributed by atoms with E-state index in [2.05, 4.69) is 6.92 Å². The Labute approximate surface area is 228 Å². The van der Waals surface area contributed by atoms with Gasteiger partial charge >= 0.3 is 5.97 Å². The molecule has 202 valence electrons. The molecule has 0 saturated carbocycles. The third-order valence-electron chi connectivity index (χ3n) is 6.51. The molecule has 3 aromatic rings. The van der Waals surface area contributed by atoms with E-state index < -0.39 is 23.7 Å². The lowest BCUT2D eigenvalue weighted by molar-refractivity contribution is -0.132. The Morgan fingerprint density at radius 2 is 1.62 bits per heavy atom. The fraction of sp³-hybridized carbons (Fsp3) is 0.281. The number of anilines is 1. The van der Waals surface area contributed by atoms with Gasteiger partial charge in [-0.05, 0) is 85.5 Å². The summed E-state index contributed by atoms with van der Waals surface area (Å²) in [6.45, 7) is 7.84. The molecule has 0 aliphatic carbocycles. The second-order valence-corrected chi connectivity index (χ2v) is 9.76. The molecule has 3 aromatic carbocycles. The molecule has 1 fully saturated rings. The van der Waals surface area contributed by atoms with Crippen molar-refractivity contribution in [3.63, 3.8) is 0 Å². The summed E-state index contributed by atoms with van der Waals surface area (Å²) in [5, 5.41) is 11.4. The number of carbonyl (C=O) groups is 3. The Bertz CT molecular complexity index is 1400. The molecule has 4 rings (SSSR count). The van der Waals surface area contributed by atoms with Crippen LogP contribution in [-0.4, -0.2) is 29.4 Å². The Morgan fingerprint density at radius 3 is 2.26 bits per heavy atom. The molecule has 1 aliphatic heterocycles. The van der Waals surface area contributed by atoms with Crippen LogP contribution in [0.1, 0.15) is 61.4 Å². The molecular formula is C32H33NO6. The van der Waals surface area contributed by atoms with Crippen LogP contribution in [-0.2, 0) is 14.4 Å². The maximum Gasteiger partial charge on any atom is 0.308 e. The van der Waals surface area contributed by atoms with Gasteiger partial charge in [0, 0.05) is 18.2 Å². The Morgan fingerprint density at radius 1 is 0.923 bits per heavy atom. The summed E-state index contributed by atoms with van der Waals surface area (Å²) in [7, 11) is 0. The molecule has 1 aliphatic rings. The fourth-order valence-electron chi connectivity index (χ4n) is 4.82. The number of Topliss-reactive ketones (excluding diaryl/α,β-unsaturated/α-hetero) is 1. The van der Waals surface area contributed by atoms with Crippen LogP contribution in [0.25, 0.3) is 5.76 Å². The number of carbonyl (C=O) groups excluding carboxylic acids is 3. The van der Waals surface area contributed by atoms with E-state index in [1.807, 2.05) is 32.0 Å². The van der Waals surface area contributed by atoms with E-state index in [0.717, 1.165) is 30.4 Å². The summed E-state index contributed by atoms with van der Waals surface area (Å²) in [4.78, 5) is 39.9. The first-order valence-corrected chi connectivity index (χ1v) is 13.1. The van der Waals surface area contributed by atoms with Gasteiger partial charge in [0.1, 0.15) is 17.3 Å². The van der Waals surface area contributed by atoms with E-state index >= 15 is 0 Å². The fourth-order valence-corrected chi connectivity index (χ4v) is 4.82. The largest absolute Gasteiger partial charge is 0.507 e. The van der Waals surface area contributed by atoms with Crippen LogP contribution in [0.4, 0.5) is 5.69 Å². The second-order valence-electron chi connectivity index (χ2n) is 9.76. The lowest BCUT2D eigenvalue weighted by Gasteiger charge is -2.26. The highest BCUT2D eigenvalue weighted by Gasteiger charge is 2.47. The number of hydrogen-bond donors (Lipinski definition) is 1. The molecule has 1 unspecified atom stereocenters. The van der Waals surface area contributed by atoms with Gasteiger partial charge in [-0.3, -0.25) is 19.3 Å². The van der Waals surface area contributed by atoms with Crippen molar-refractivity contribution in [1.82, 2.24) is 0 Å². The number of rotatable bonds is 9. The van der Waals surface area contributed by atoms with Crippen molar-refractivity contribution in [1.29, 1.82) is 0 Å². The van der Waals surface area contributed by atoms with E-state index in [9.17, 15) is 19.5 Å². The Hall–Kier alpha value is -4.39. The maximum atomic E-state index is 13.5. The number of benzene rings is 3. The first-order chi connectivity index (χ1) is 18.7. The second kappa shape index (κ2) is 12.0. The van der Waals surface area contributed by atoms with Crippen molar-refractivity contribution in [3.05, 3.63) is 94.6 Å². The van der Waals surface area contributed by atoms with Crippen LogP contribution >= 0.6 is 0 Å². The maximum absolute atomic E-state index is 13.5. The average Bonchev–Trinajstić information content (AvgIpc) is 3.16. The highest BCUT2D eigenvalue weighted by Crippen LogP contribution is 2.43. The molecule has 0 aromatic heterocycles. The molecule has 0 radical (unpaired) electrons. The summed E-state index contributed by atoms with van der Waals surface area (Å²) in [6.07, 6.45) is 3.13. The van der Waals surface area contributed by atoms with E-state index in [4.69, 9.17) is 9.47 Å². The molecule has 0 bridgehead atoms. The number of aliphatic hydroxyl groups excluding tert-OH is 1. The molecule has 0 spiro atoms. The monoisotopic (exact) mass is 527 g/mol. The number of aryl methyl sites for hydroxylation is 2. The summed E-state index contributed by atoms with van der Waals surface area (Å²) < 4.78 is 11.0. The van der Waals surface area contributed by atoms with Gasteiger partial charge in [0.25, 0.3) is 11.7 Å². The first-order valence-electron chi connectivity index (χ1n) is 13.1. The van der Waals surface area contributed by atoms with Gasteiger partial charge in [0.2, 0.25) is 0 Å². The molecule has 7 heteroatoms. The van der Waals surface area contributed by atoms with Crippen molar-refractivity contribution < 1.29 is 29.0 Å². The number of esters is 1. The number of nitrogens with zero attached hydrogens (tertiary/aromatic N) is 1. The highest BCUT2D eigenvalue weighted by atomic mass is 16.5. The van der Waals surface area contributed by atoms with Crippen molar-refractivity contribution in [2.45, 2.75) is 53.0 Å². The van der Waals surface area contributed by atoms with Crippen molar-refractivity contribution in [2.24, 2.45) is 0 Å². The molecule has 1 heterocycles. The quantitative estimate of drug-likeness (QED) is 0.0862. The summed E-state index contributed by atoms with van der Waals surface area (Å²) in [6, 6.07) is 18.1. The van der Waals surface area contributed by atoms with Crippen LogP contribution in [0.3, 0.4) is 0 Å². The van der Waals surface area contributed by atoms with Gasteiger partial charge < -0.3 is 14.6 Å². The molecular weight excluding hydrogens is 494 g/mol. The first kappa shape index (κ1) is 27.6. The van der Waals surface area contributed by atoms with Gasteiger partial charge in [-0.1, -0.05) is 38.0 Å². The van der Waals surface area contributed by atoms with Gasteiger partial charge in [-0.15, -0.1) is 0 Å². The van der Waals surface area contributed by atoms with Gasteiger partial charge in [0.15, 0.2) is 0 Å². The number of ether oxygens (including phenoxy) is 2. The average molecular weight is 528 g/mol. The SMILES string of the molecule is CCCCCOc1ccc(/C(O)=C2\C(=O)C(=O)N(c3cc(C)cc(C)c3)C2c2cccc(OC(C)=O)c2)cc1. The molecule has 39 heavy (non-hydrogen) atoms. The summed E-state index contributed by atoms with van der Waals surface area (Å²) >= 11 is 0. The topological polar surface area (TPSA) is 93.1 Å². The van der Waals surface area contributed by atoms with Crippen LogP contribution in [0.15, 0.2) is 72.3 Å². The zero-order chi connectivity index (χ0) is 28.1. The number of aliphatic hydroxyl groups is 1. The molecule has 1 N–H and O–H groups in total. The van der Waals surface area contributed by atoms with Crippen LogP contribution in [0.5, 0.6) is 11.5 Å².